The average Bonchev–Trinajstić information content (AvgIpc) is 3.21. The van der Waals surface area contributed by atoms with Crippen LogP contribution in [0.5, 0.6) is 5.75 Å². The number of halogens is 7. The summed E-state index contributed by atoms with van der Waals surface area (Å²) in [6.45, 7) is 1.02. The van der Waals surface area contributed by atoms with Gasteiger partial charge in [0.2, 0.25) is 5.78 Å². The molecule has 0 spiro atoms. The molecule has 0 saturated heterocycles. The van der Waals surface area contributed by atoms with Crippen LogP contribution in [-0.2, 0) is 15.7 Å². The molecule has 1 atom stereocenters. The number of hydrogen-bond acceptors (Lipinski definition) is 5. The van der Waals surface area contributed by atoms with Crippen LogP contribution < -0.4 is 4.74 Å². The van der Waals surface area contributed by atoms with Crippen LogP contribution in [0.1, 0.15) is 34.6 Å². The molecule has 0 fully saturated rings. The third-order valence-electron chi connectivity index (χ3n) is 4.29. The normalized spacial score (nSPS) is 12.8. The van der Waals surface area contributed by atoms with Gasteiger partial charge in [-0.3, -0.25) is 9.59 Å². The molecule has 0 amide bonds. The lowest BCUT2D eigenvalue weighted by molar-refractivity contribution is -0.274. The van der Waals surface area contributed by atoms with Crippen LogP contribution in [0.4, 0.5) is 26.3 Å². The zero-order valence-electron chi connectivity index (χ0n) is 16.9. The van der Waals surface area contributed by atoms with Crippen molar-refractivity contribution in [2.24, 2.45) is 0 Å². The molecule has 0 bridgehead atoms. The molecule has 13 heteroatoms. The minimum absolute atomic E-state index is 0.00956. The van der Waals surface area contributed by atoms with Crippen LogP contribution in [-0.4, -0.2) is 27.9 Å². The Kier molecular flexibility index (Phi) is 7.05. The number of esters is 1. The number of carbonyl (C=O) groups excluding carboxylic acids is 2. The van der Waals surface area contributed by atoms with E-state index in [0.717, 1.165) is 48.1 Å². The second kappa shape index (κ2) is 9.49. The lowest BCUT2D eigenvalue weighted by Gasteiger charge is -2.20. The first-order valence-electron chi connectivity index (χ1n) is 9.24. The summed E-state index contributed by atoms with van der Waals surface area (Å²) >= 11 is 3.20. The van der Waals surface area contributed by atoms with Gasteiger partial charge in [-0.05, 0) is 48.5 Å². The summed E-state index contributed by atoms with van der Waals surface area (Å²) in [7, 11) is 0. The number of carbonyl (C=O) groups is 2. The molecular weight excluding hydrogens is 538 g/mol. The van der Waals surface area contributed by atoms with Gasteiger partial charge in [-0.1, -0.05) is 15.9 Å². The number of benzene rings is 2. The lowest BCUT2D eigenvalue weighted by Crippen LogP contribution is -2.21. The lowest BCUT2D eigenvalue weighted by atomic mass is 9.98. The maximum Gasteiger partial charge on any atom is 0.573 e. The highest BCUT2D eigenvalue weighted by molar-refractivity contribution is 9.10. The van der Waals surface area contributed by atoms with Gasteiger partial charge in [-0.2, -0.15) is 18.3 Å². The van der Waals surface area contributed by atoms with Gasteiger partial charge in [-0.15, -0.1) is 13.2 Å². The fourth-order valence-corrected chi connectivity index (χ4v) is 3.33. The molecule has 0 aliphatic heterocycles. The summed E-state index contributed by atoms with van der Waals surface area (Å²) in [5, 5.41) is 3.48. The van der Waals surface area contributed by atoms with E-state index in [1.54, 1.807) is 0 Å². The van der Waals surface area contributed by atoms with Crippen molar-refractivity contribution in [2.45, 2.75) is 25.6 Å². The van der Waals surface area contributed by atoms with Gasteiger partial charge in [0.25, 0.3) is 0 Å². The summed E-state index contributed by atoms with van der Waals surface area (Å²) in [5.74, 6) is -2.29. The maximum absolute atomic E-state index is 13.2. The monoisotopic (exact) mass is 550 g/mol. The Morgan fingerprint density at radius 1 is 1.00 bits per heavy atom. The van der Waals surface area contributed by atoms with Crippen LogP contribution in [0.3, 0.4) is 0 Å². The Morgan fingerprint density at radius 2 is 1.65 bits per heavy atom. The van der Waals surface area contributed by atoms with Crippen LogP contribution in [0, 0.1) is 0 Å². The summed E-state index contributed by atoms with van der Waals surface area (Å²) in [6, 6.07) is 8.79. The van der Waals surface area contributed by atoms with E-state index in [0.29, 0.717) is 4.47 Å². The number of Topliss-reactive ketones (excluding diaryl/α,β-unsaturated/α-hetero) is 1. The molecule has 0 N–H and O–H groups in total. The van der Waals surface area contributed by atoms with Crippen molar-refractivity contribution in [2.75, 3.05) is 0 Å². The number of ketones is 1. The first-order valence-corrected chi connectivity index (χ1v) is 10.0. The highest BCUT2D eigenvalue weighted by atomic mass is 79.9. The van der Waals surface area contributed by atoms with Crippen molar-refractivity contribution in [1.82, 2.24) is 9.78 Å². The molecule has 1 heterocycles. The van der Waals surface area contributed by atoms with Crippen LogP contribution >= 0.6 is 15.9 Å². The smallest absolute Gasteiger partial charge is 0.449 e. The number of ether oxygens (including phenoxy) is 2. The molecule has 0 aliphatic rings. The van der Waals surface area contributed by atoms with Gasteiger partial charge in [0.1, 0.15) is 5.75 Å². The van der Waals surface area contributed by atoms with Crippen molar-refractivity contribution < 1.29 is 45.4 Å². The molecule has 1 aromatic heterocycles. The van der Waals surface area contributed by atoms with Crippen LogP contribution in [0.2, 0.25) is 0 Å². The van der Waals surface area contributed by atoms with Gasteiger partial charge in [0.05, 0.1) is 5.69 Å². The summed E-state index contributed by atoms with van der Waals surface area (Å²) in [5.41, 5.74) is -1.32. The average molecular weight is 551 g/mol. The number of hydrogen-bond donors (Lipinski definition) is 0. The molecule has 2 aromatic carbocycles. The molecule has 3 rings (SSSR count). The Balaban J connectivity index is 2.04. The zero-order valence-corrected chi connectivity index (χ0v) is 18.5. The first-order chi connectivity index (χ1) is 15.7. The van der Waals surface area contributed by atoms with Gasteiger partial charge in [-0.25, -0.2) is 4.68 Å². The van der Waals surface area contributed by atoms with Crippen molar-refractivity contribution >= 4 is 27.7 Å². The predicted octanol–water partition coefficient (Wildman–Crippen LogP) is 6.04. The third-order valence-corrected chi connectivity index (χ3v) is 4.79. The maximum atomic E-state index is 13.2. The molecule has 3 aromatic rings. The molecule has 180 valence electrons. The molecule has 0 saturated carbocycles. The number of nitrogens with zero attached hydrogens (tertiary/aromatic N) is 2. The number of alkyl halides is 6. The molecule has 34 heavy (non-hydrogen) atoms. The SMILES string of the molecule is CC(=O)OC(C(=O)c1ccc(OC(F)(F)F)cc1)c1cc(Br)ccc1-n1ccc(C(F)(F)F)n1. The van der Waals surface area contributed by atoms with E-state index in [2.05, 4.69) is 25.8 Å². The van der Waals surface area contributed by atoms with E-state index in [4.69, 9.17) is 4.74 Å². The first kappa shape index (κ1) is 25.3. The van der Waals surface area contributed by atoms with E-state index < -0.39 is 41.8 Å². The van der Waals surface area contributed by atoms with E-state index in [9.17, 15) is 35.9 Å². The van der Waals surface area contributed by atoms with E-state index in [1.807, 2.05) is 0 Å². The predicted molar refractivity (Wildman–Crippen MR) is 108 cm³/mol. The Labute approximate surface area is 196 Å². The zero-order chi connectivity index (χ0) is 25.3. The van der Waals surface area contributed by atoms with Crippen molar-refractivity contribution in [3.8, 4) is 11.4 Å². The fraction of sp³-hybridized carbons (Fsp3) is 0.190. The highest BCUT2D eigenvalue weighted by Crippen LogP contribution is 2.33. The number of aromatic nitrogens is 2. The Hall–Kier alpha value is -3.35. The second-order valence-electron chi connectivity index (χ2n) is 6.77. The van der Waals surface area contributed by atoms with Crippen molar-refractivity contribution in [1.29, 1.82) is 0 Å². The van der Waals surface area contributed by atoms with Crippen molar-refractivity contribution in [3.63, 3.8) is 0 Å². The second-order valence-corrected chi connectivity index (χ2v) is 7.69. The summed E-state index contributed by atoms with van der Waals surface area (Å²) in [4.78, 5) is 24.9. The van der Waals surface area contributed by atoms with Crippen LogP contribution in [0.15, 0.2) is 59.2 Å². The van der Waals surface area contributed by atoms with E-state index in [1.165, 1.54) is 18.2 Å². The van der Waals surface area contributed by atoms with Crippen molar-refractivity contribution in [3.05, 3.63) is 76.0 Å². The third kappa shape index (κ3) is 6.16. The van der Waals surface area contributed by atoms with Crippen LogP contribution in [0.25, 0.3) is 5.69 Å². The Morgan fingerprint density at radius 3 is 2.18 bits per heavy atom. The van der Waals surface area contributed by atoms with Gasteiger partial charge >= 0.3 is 18.5 Å². The largest absolute Gasteiger partial charge is 0.573 e. The highest BCUT2D eigenvalue weighted by Gasteiger charge is 2.35. The molecular formula is C21H13BrF6N2O4. The summed E-state index contributed by atoms with van der Waals surface area (Å²) < 4.78 is 86.4. The molecule has 0 radical (unpaired) electrons. The van der Waals surface area contributed by atoms with Gasteiger partial charge in [0, 0.05) is 28.7 Å². The summed E-state index contributed by atoms with van der Waals surface area (Å²) in [6.07, 6.45) is -10.3. The number of rotatable bonds is 6. The Bertz CT molecular complexity index is 1210. The quantitative estimate of drug-likeness (QED) is 0.212. The molecule has 6 nitrogen and oxygen atoms in total. The topological polar surface area (TPSA) is 70.4 Å². The van der Waals surface area contributed by atoms with Gasteiger partial charge < -0.3 is 9.47 Å². The van der Waals surface area contributed by atoms with E-state index in [-0.39, 0.29) is 16.8 Å². The van der Waals surface area contributed by atoms with E-state index >= 15 is 0 Å². The standard InChI is InChI=1S/C21H13BrF6N2O4/c1-11(31)33-19(18(32)12-2-5-14(6-3-12)34-21(26,27)28)15-10-13(22)4-7-16(15)30-9-8-17(29-30)20(23,24)25/h2-10,19H,1H3. The minimum atomic E-state index is -4.93. The van der Waals surface area contributed by atoms with Gasteiger partial charge in [0.15, 0.2) is 11.8 Å². The minimum Gasteiger partial charge on any atom is -0.449 e. The fourth-order valence-electron chi connectivity index (χ4n) is 2.95. The molecule has 1 unspecified atom stereocenters. The molecule has 0 aliphatic carbocycles.